The number of methoxy groups -OCH3 is 1. The van der Waals surface area contributed by atoms with Gasteiger partial charge in [-0.1, -0.05) is 30.3 Å². The first-order valence-electron chi connectivity index (χ1n) is 7.24. The summed E-state index contributed by atoms with van der Waals surface area (Å²) in [5.74, 6) is 0.914. The number of hydrogen-bond acceptors (Lipinski definition) is 4. The molecule has 114 valence electrons. The summed E-state index contributed by atoms with van der Waals surface area (Å²) < 4.78 is 12.5. The van der Waals surface area contributed by atoms with Crippen molar-refractivity contribution < 1.29 is 9.15 Å². The highest BCUT2D eigenvalue weighted by Gasteiger charge is 2.21. The van der Waals surface area contributed by atoms with Crippen molar-refractivity contribution in [1.29, 1.82) is 0 Å². The molecule has 0 aliphatic carbocycles. The summed E-state index contributed by atoms with van der Waals surface area (Å²) in [5, 5.41) is 5.15. The van der Waals surface area contributed by atoms with Crippen LogP contribution in [0.1, 0.15) is 5.56 Å². The van der Waals surface area contributed by atoms with Crippen molar-refractivity contribution in [3.63, 3.8) is 0 Å². The summed E-state index contributed by atoms with van der Waals surface area (Å²) in [6, 6.07) is 15.0. The van der Waals surface area contributed by atoms with Gasteiger partial charge in [0.1, 0.15) is 5.56 Å². The molecule has 5 heteroatoms. The van der Waals surface area contributed by atoms with Gasteiger partial charge >= 0.3 is 0 Å². The summed E-state index contributed by atoms with van der Waals surface area (Å²) in [6.45, 7) is 1.94. The standard InChI is InChI=1S/C18H14N2O3/c1-11-6-3-4-8-14(11)20-18(21)13-10-12-7-5-9-15(22-2)16(12)23-17(13)19-20/h3-10H,1-2H3. The number of rotatable bonds is 2. The van der Waals surface area contributed by atoms with Gasteiger partial charge in [0.15, 0.2) is 11.3 Å². The fraction of sp³-hybridized carbons (Fsp3) is 0.111. The number of ether oxygens (including phenoxy) is 1. The molecule has 0 saturated heterocycles. The molecular weight excluding hydrogens is 292 g/mol. The van der Waals surface area contributed by atoms with Gasteiger partial charge in [0.2, 0.25) is 5.89 Å². The van der Waals surface area contributed by atoms with Crippen LogP contribution in [0, 0.1) is 6.92 Å². The van der Waals surface area contributed by atoms with E-state index in [9.17, 15) is 4.79 Å². The van der Waals surface area contributed by atoms with Crippen molar-refractivity contribution in [1.82, 2.24) is 9.78 Å². The molecule has 0 fully saturated rings. The van der Waals surface area contributed by atoms with Gasteiger partial charge in [0.25, 0.3) is 5.56 Å². The van der Waals surface area contributed by atoms with Gasteiger partial charge in [-0.15, -0.1) is 5.10 Å². The molecule has 2 heterocycles. The molecule has 2 aliphatic heterocycles. The number of benzene rings is 2. The average Bonchev–Trinajstić information content (AvgIpc) is 2.89. The first-order valence-corrected chi connectivity index (χ1v) is 7.24. The van der Waals surface area contributed by atoms with Crippen LogP contribution in [0.4, 0.5) is 0 Å². The highest BCUT2D eigenvalue weighted by Crippen LogP contribution is 2.31. The molecule has 5 nitrogen and oxygen atoms in total. The Morgan fingerprint density at radius 2 is 1.96 bits per heavy atom. The largest absolute Gasteiger partial charge is 0.493 e. The first-order chi connectivity index (χ1) is 11.2. The van der Waals surface area contributed by atoms with E-state index < -0.39 is 0 Å². The predicted octanol–water partition coefficient (Wildman–Crippen LogP) is 3.40. The van der Waals surface area contributed by atoms with Crippen molar-refractivity contribution in [3.8, 4) is 22.9 Å². The third-order valence-electron chi connectivity index (χ3n) is 3.92. The van der Waals surface area contributed by atoms with Crippen LogP contribution >= 0.6 is 0 Å². The number of aromatic nitrogens is 2. The van der Waals surface area contributed by atoms with Gasteiger partial charge in [0.05, 0.1) is 12.8 Å². The lowest BCUT2D eigenvalue weighted by atomic mass is 10.1. The van der Waals surface area contributed by atoms with E-state index in [2.05, 4.69) is 5.10 Å². The van der Waals surface area contributed by atoms with Crippen molar-refractivity contribution in [2.24, 2.45) is 0 Å². The molecule has 2 aromatic carbocycles. The van der Waals surface area contributed by atoms with E-state index in [0.29, 0.717) is 22.8 Å². The maximum Gasteiger partial charge on any atom is 0.284 e. The molecule has 23 heavy (non-hydrogen) atoms. The second kappa shape index (κ2) is 4.98. The van der Waals surface area contributed by atoms with E-state index in [4.69, 9.17) is 9.15 Å². The summed E-state index contributed by atoms with van der Waals surface area (Å²) >= 11 is 0. The summed E-state index contributed by atoms with van der Waals surface area (Å²) in [5.41, 5.74) is 2.56. The van der Waals surface area contributed by atoms with E-state index in [1.165, 1.54) is 4.68 Å². The van der Waals surface area contributed by atoms with E-state index in [-0.39, 0.29) is 5.56 Å². The average molecular weight is 306 g/mol. The number of para-hydroxylation sites is 2. The summed E-state index contributed by atoms with van der Waals surface area (Å²) in [7, 11) is 1.58. The van der Waals surface area contributed by atoms with Crippen LogP contribution in [0.3, 0.4) is 0 Å². The van der Waals surface area contributed by atoms with Crippen molar-refractivity contribution in [3.05, 3.63) is 64.4 Å². The number of fused-ring (bicyclic) bond motifs is 2. The molecule has 2 aromatic rings. The van der Waals surface area contributed by atoms with Crippen LogP contribution < -0.4 is 10.3 Å². The molecule has 0 amide bonds. The van der Waals surface area contributed by atoms with Gasteiger partial charge in [-0.3, -0.25) is 4.79 Å². The van der Waals surface area contributed by atoms with E-state index in [1.807, 2.05) is 49.4 Å². The Labute approximate surface area is 132 Å². The molecule has 0 atom stereocenters. The maximum atomic E-state index is 12.7. The van der Waals surface area contributed by atoms with Gasteiger partial charge in [0, 0.05) is 5.39 Å². The number of hydrogen-bond donors (Lipinski definition) is 0. The molecule has 0 spiro atoms. The van der Waals surface area contributed by atoms with Crippen LogP contribution in [0.2, 0.25) is 0 Å². The molecule has 2 aliphatic rings. The lowest BCUT2D eigenvalue weighted by Crippen LogP contribution is -2.15. The molecule has 0 unspecified atom stereocenters. The van der Waals surface area contributed by atoms with Crippen molar-refractivity contribution in [2.45, 2.75) is 6.92 Å². The minimum absolute atomic E-state index is 0.192. The van der Waals surface area contributed by atoms with Gasteiger partial charge < -0.3 is 9.15 Å². The summed E-state index contributed by atoms with van der Waals surface area (Å²) in [4.78, 5) is 12.7. The Morgan fingerprint density at radius 1 is 1.13 bits per heavy atom. The Hall–Kier alpha value is -3.08. The lowest BCUT2D eigenvalue weighted by molar-refractivity contribution is 0.409. The minimum atomic E-state index is -0.192. The molecule has 0 saturated carbocycles. The molecule has 0 aromatic heterocycles. The smallest absolute Gasteiger partial charge is 0.284 e. The Bertz CT molecular complexity index is 1050. The van der Waals surface area contributed by atoms with Gasteiger partial charge in [-0.25, -0.2) is 0 Å². The van der Waals surface area contributed by atoms with Crippen molar-refractivity contribution in [2.75, 3.05) is 7.11 Å². The highest BCUT2D eigenvalue weighted by atomic mass is 16.5. The van der Waals surface area contributed by atoms with Crippen molar-refractivity contribution >= 4 is 11.0 Å². The third-order valence-corrected chi connectivity index (χ3v) is 3.92. The predicted molar refractivity (Wildman–Crippen MR) is 87.5 cm³/mol. The molecule has 0 radical (unpaired) electrons. The molecule has 4 rings (SSSR count). The van der Waals surface area contributed by atoms with Gasteiger partial charge in [-0.05, 0) is 30.7 Å². The van der Waals surface area contributed by atoms with Gasteiger partial charge in [-0.2, -0.15) is 4.68 Å². The van der Waals surface area contributed by atoms with Crippen LogP contribution in [-0.4, -0.2) is 16.9 Å². The molecule has 0 bridgehead atoms. The maximum absolute atomic E-state index is 12.7. The molecule has 0 N–H and O–H groups in total. The lowest BCUT2D eigenvalue weighted by Gasteiger charge is -2.04. The zero-order chi connectivity index (χ0) is 16.0. The Morgan fingerprint density at radius 3 is 2.74 bits per heavy atom. The van der Waals surface area contributed by atoms with E-state index in [0.717, 1.165) is 16.6 Å². The monoisotopic (exact) mass is 306 g/mol. The van der Waals surface area contributed by atoms with Crippen LogP contribution in [0.25, 0.3) is 28.1 Å². The van der Waals surface area contributed by atoms with E-state index in [1.54, 1.807) is 13.2 Å². The minimum Gasteiger partial charge on any atom is -0.493 e. The second-order valence-corrected chi connectivity index (χ2v) is 5.35. The SMILES string of the molecule is COc1cccc2cc3c(=O)n(-c4ccccc4C)nc-3oc12. The van der Waals surface area contributed by atoms with E-state index >= 15 is 0 Å². The molecular formula is C18H14N2O3. The van der Waals surface area contributed by atoms with Crippen LogP contribution in [0.15, 0.2) is 57.7 Å². The Kier molecular flexibility index (Phi) is 2.94. The quantitative estimate of drug-likeness (QED) is 0.569. The zero-order valence-electron chi connectivity index (χ0n) is 12.7. The number of nitrogens with zero attached hydrogens (tertiary/aromatic N) is 2. The van der Waals surface area contributed by atoms with Crippen LogP contribution in [-0.2, 0) is 0 Å². The topological polar surface area (TPSA) is 57.3 Å². The fourth-order valence-corrected chi connectivity index (χ4v) is 2.73. The normalized spacial score (nSPS) is 11.2. The third kappa shape index (κ3) is 2.01. The van der Waals surface area contributed by atoms with Crippen LogP contribution in [0.5, 0.6) is 5.75 Å². The zero-order valence-corrected chi connectivity index (χ0v) is 12.7. The first kappa shape index (κ1) is 13.6. The second-order valence-electron chi connectivity index (χ2n) is 5.35. The number of aryl methyl sites for hydroxylation is 1. The fourth-order valence-electron chi connectivity index (χ4n) is 2.73. The summed E-state index contributed by atoms with van der Waals surface area (Å²) in [6.07, 6.45) is 0. The highest BCUT2D eigenvalue weighted by molar-refractivity contribution is 5.86. The Balaban J connectivity index is 2.05.